The third-order valence-electron chi connectivity index (χ3n) is 3.77. The Kier molecular flexibility index (Phi) is 4.61. The van der Waals surface area contributed by atoms with Gasteiger partial charge in [-0.05, 0) is 37.3 Å². The summed E-state index contributed by atoms with van der Waals surface area (Å²) in [6.07, 6.45) is 3.15. The van der Waals surface area contributed by atoms with E-state index in [0.29, 0.717) is 31.5 Å². The van der Waals surface area contributed by atoms with Crippen molar-refractivity contribution in [1.82, 2.24) is 4.90 Å². The molecule has 1 amide bonds. The minimum Gasteiger partial charge on any atom is -0.480 e. The van der Waals surface area contributed by atoms with E-state index < -0.39 is 12.0 Å². The maximum atomic E-state index is 12.2. The number of aryl methyl sites for hydroxylation is 1. The molecule has 0 unspecified atom stereocenters. The molecule has 108 valence electrons. The van der Waals surface area contributed by atoms with Gasteiger partial charge < -0.3 is 15.7 Å². The SMILES string of the molecule is Nc1ccccc1CCC(=O)N1CCCC[C@@H]1C(=O)O. The van der Waals surface area contributed by atoms with Crippen molar-refractivity contribution in [1.29, 1.82) is 0 Å². The van der Waals surface area contributed by atoms with Crippen LogP contribution in [0.2, 0.25) is 0 Å². The van der Waals surface area contributed by atoms with Gasteiger partial charge in [0.1, 0.15) is 6.04 Å². The van der Waals surface area contributed by atoms with E-state index in [1.807, 2.05) is 18.2 Å². The van der Waals surface area contributed by atoms with E-state index in [-0.39, 0.29) is 5.91 Å². The maximum absolute atomic E-state index is 12.2. The summed E-state index contributed by atoms with van der Waals surface area (Å²) in [7, 11) is 0. The molecule has 1 aromatic carbocycles. The quantitative estimate of drug-likeness (QED) is 0.819. The predicted octanol–water partition coefficient (Wildman–Crippen LogP) is 1.67. The fourth-order valence-electron chi connectivity index (χ4n) is 2.63. The van der Waals surface area contributed by atoms with Crippen LogP contribution in [0.4, 0.5) is 5.69 Å². The van der Waals surface area contributed by atoms with Gasteiger partial charge in [0, 0.05) is 18.7 Å². The monoisotopic (exact) mass is 276 g/mol. The first-order chi connectivity index (χ1) is 9.59. The van der Waals surface area contributed by atoms with Crippen LogP contribution in [0.1, 0.15) is 31.2 Å². The number of nitrogen functional groups attached to an aromatic ring is 1. The van der Waals surface area contributed by atoms with Gasteiger partial charge in [0.05, 0.1) is 0 Å². The Bertz CT molecular complexity index is 502. The lowest BCUT2D eigenvalue weighted by Crippen LogP contribution is -2.48. The first-order valence-electron chi connectivity index (χ1n) is 6.95. The highest BCUT2D eigenvalue weighted by atomic mass is 16.4. The molecule has 2 rings (SSSR count). The van der Waals surface area contributed by atoms with Crippen LogP contribution in [0.25, 0.3) is 0 Å². The number of benzene rings is 1. The van der Waals surface area contributed by atoms with Crippen molar-refractivity contribution in [2.24, 2.45) is 0 Å². The zero-order valence-electron chi connectivity index (χ0n) is 11.4. The maximum Gasteiger partial charge on any atom is 0.326 e. The lowest BCUT2D eigenvalue weighted by molar-refractivity contribution is -0.152. The minimum atomic E-state index is -0.905. The molecule has 3 N–H and O–H groups in total. The summed E-state index contributed by atoms with van der Waals surface area (Å²) in [5.74, 6) is -1.00. The van der Waals surface area contributed by atoms with Crippen molar-refractivity contribution >= 4 is 17.6 Å². The lowest BCUT2D eigenvalue weighted by Gasteiger charge is -2.33. The number of para-hydroxylation sites is 1. The van der Waals surface area contributed by atoms with Crippen molar-refractivity contribution in [3.8, 4) is 0 Å². The Morgan fingerprint density at radius 3 is 2.75 bits per heavy atom. The Hall–Kier alpha value is -2.04. The van der Waals surface area contributed by atoms with Crippen molar-refractivity contribution in [3.63, 3.8) is 0 Å². The number of amides is 1. The highest BCUT2D eigenvalue weighted by Crippen LogP contribution is 2.20. The molecule has 20 heavy (non-hydrogen) atoms. The number of nitrogens with two attached hydrogens (primary N) is 1. The number of carboxylic acids is 1. The number of anilines is 1. The molecule has 0 bridgehead atoms. The highest BCUT2D eigenvalue weighted by Gasteiger charge is 2.31. The zero-order chi connectivity index (χ0) is 14.5. The number of piperidine rings is 1. The first kappa shape index (κ1) is 14.4. The standard InChI is InChI=1S/C15H20N2O3/c16-12-6-2-1-5-11(12)8-9-14(18)17-10-4-3-7-13(17)15(19)20/h1-2,5-6,13H,3-4,7-10,16H2,(H,19,20)/t13-/m1/s1. The smallest absolute Gasteiger partial charge is 0.326 e. The molecule has 5 heteroatoms. The van der Waals surface area contributed by atoms with E-state index in [1.54, 1.807) is 6.07 Å². The Labute approximate surface area is 118 Å². The van der Waals surface area contributed by atoms with Crippen molar-refractivity contribution in [2.75, 3.05) is 12.3 Å². The van der Waals surface area contributed by atoms with Crippen LogP contribution in [0, 0.1) is 0 Å². The van der Waals surface area contributed by atoms with Crippen LogP contribution in [-0.2, 0) is 16.0 Å². The van der Waals surface area contributed by atoms with Gasteiger partial charge in [0.2, 0.25) is 5.91 Å². The normalized spacial score (nSPS) is 18.8. The van der Waals surface area contributed by atoms with E-state index in [4.69, 9.17) is 5.73 Å². The van der Waals surface area contributed by atoms with Crippen LogP contribution in [0.3, 0.4) is 0 Å². The minimum absolute atomic E-state index is 0.0969. The number of carboxylic acid groups (broad SMARTS) is 1. The molecule has 0 saturated carbocycles. The fourth-order valence-corrected chi connectivity index (χ4v) is 2.63. The van der Waals surface area contributed by atoms with Crippen LogP contribution in [0.5, 0.6) is 0 Å². The van der Waals surface area contributed by atoms with Crippen LogP contribution < -0.4 is 5.73 Å². The average molecular weight is 276 g/mol. The molecule has 1 heterocycles. The zero-order valence-corrected chi connectivity index (χ0v) is 11.4. The van der Waals surface area contributed by atoms with Gasteiger partial charge in [-0.25, -0.2) is 4.79 Å². The van der Waals surface area contributed by atoms with Gasteiger partial charge in [-0.2, -0.15) is 0 Å². The second kappa shape index (κ2) is 6.41. The summed E-state index contributed by atoms with van der Waals surface area (Å²) in [4.78, 5) is 24.9. The molecule has 1 atom stereocenters. The molecular formula is C15H20N2O3. The number of carbonyl (C=O) groups is 2. The van der Waals surface area contributed by atoms with Crippen molar-refractivity contribution in [3.05, 3.63) is 29.8 Å². The molecule has 1 aliphatic heterocycles. The first-order valence-corrected chi connectivity index (χ1v) is 6.95. The molecule has 5 nitrogen and oxygen atoms in total. The number of aliphatic carboxylic acids is 1. The van der Waals surface area contributed by atoms with Crippen molar-refractivity contribution < 1.29 is 14.7 Å². The molecule has 0 spiro atoms. The number of carbonyl (C=O) groups excluding carboxylic acids is 1. The summed E-state index contributed by atoms with van der Waals surface area (Å²) in [6.45, 7) is 0.542. The van der Waals surface area contributed by atoms with Crippen LogP contribution >= 0.6 is 0 Å². The molecular weight excluding hydrogens is 256 g/mol. The van der Waals surface area contributed by atoms with E-state index >= 15 is 0 Å². The fraction of sp³-hybridized carbons (Fsp3) is 0.467. The second-order valence-corrected chi connectivity index (χ2v) is 5.14. The molecule has 1 aliphatic rings. The summed E-state index contributed by atoms with van der Waals surface area (Å²) in [5, 5.41) is 9.17. The lowest BCUT2D eigenvalue weighted by atomic mass is 10.0. The summed E-state index contributed by atoms with van der Waals surface area (Å²) < 4.78 is 0. The Balaban J connectivity index is 1.97. The predicted molar refractivity (Wildman–Crippen MR) is 76.2 cm³/mol. The van der Waals surface area contributed by atoms with Gasteiger partial charge >= 0.3 is 5.97 Å². The molecule has 0 aromatic heterocycles. The van der Waals surface area contributed by atoms with Crippen molar-refractivity contribution in [2.45, 2.75) is 38.1 Å². The Morgan fingerprint density at radius 2 is 2.05 bits per heavy atom. The van der Waals surface area contributed by atoms with E-state index in [2.05, 4.69) is 0 Å². The second-order valence-electron chi connectivity index (χ2n) is 5.14. The summed E-state index contributed by atoms with van der Waals surface area (Å²) in [5.41, 5.74) is 7.45. The molecule has 0 radical (unpaired) electrons. The average Bonchev–Trinajstić information content (AvgIpc) is 2.46. The molecule has 1 aromatic rings. The van der Waals surface area contributed by atoms with Crippen LogP contribution in [0.15, 0.2) is 24.3 Å². The molecule has 0 aliphatic carbocycles. The number of rotatable bonds is 4. The van der Waals surface area contributed by atoms with Gasteiger partial charge in [0.25, 0.3) is 0 Å². The van der Waals surface area contributed by atoms with Gasteiger partial charge in [0.15, 0.2) is 0 Å². The number of hydrogen-bond donors (Lipinski definition) is 2. The third-order valence-corrected chi connectivity index (χ3v) is 3.77. The van der Waals surface area contributed by atoms with Gasteiger partial charge in [-0.15, -0.1) is 0 Å². The number of hydrogen-bond acceptors (Lipinski definition) is 3. The third kappa shape index (κ3) is 3.29. The molecule has 1 saturated heterocycles. The highest BCUT2D eigenvalue weighted by molar-refractivity contribution is 5.84. The van der Waals surface area contributed by atoms with Gasteiger partial charge in [-0.3, -0.25) is 4.79 Å². The number of likely N-dealkylation sites (tertiary alicyclic amines) is 1. The van der Waals surface area contributed by atoms with E-state index in [1.165, 1.54) is 4.90 Å². The Morgan fingerprint density at radius 1 is 1.30 bits per heavy atom. The largest absolute Gasteiger partial charge is 0.480 e. The summed E-state index contributed by atoms with van der Waals surface area (Å²) in [6, 6.07) is 6.78. The number of nitrogens with zero attached hydrogens (tertiary/aromatic N) is 1. The summed E-state index contributed by atoms with van der Waals surface area (Å²) >= 11 is 0. The van der Waals surface area contributed by atoms with Gasteiger partial charge in [-0.1, -0.05) is 18.2 Å². The topological polar surface area (TPSA) is 83.6 Å². The van der Waals surface area contributed by atoms with Crippen LogP contribution in [-0.4, -0.2) is 34.5 Å². The molecule has 1 fully saturated rings. The van der Waals surface area contributed by atoms with E-state index in [0.717, 1.165) is 18.4 Å². The van der Waals surface area contributed by atoms with E-state index in [9.17, 15) is 14.7 Å².